The largest absolute Gasteiger partial charge is 0.390 e. The van der Waals surface area contributed by atoms with Crippen LogP contribution in [0.25, 0.3) is 11.2 Å². The molecule has 1 aliphatic heterocycles. The first-order valence-electron chi connectivity index (χ1n) is 6.80. The van der Waals surface area contributed by atoms with Gasteiger partial charge in [-0.25, -0.2) is 19.5 Å². The highest BCUT2D eigenvalue weighted by Gasteiger charge is 2.42. The summed E-state index contributed by atoms with van der Waals surface area (Å²) in [4.78, 5) is 12.7. The Labute approximate surface area is 128 Å². The number of nitrogens with zero attached hydrogens (tertiary/aromatic N) is 4. The maximum atomic E-state index is 10.4. The van der Waals surface area contributed by atoms with E-state index in [0.717, 1.165) is 0 Å². The molecular weight excluding hydrogens is 309 g/mol. The van der Waals surface area contributed by atoms with E-state index < -0.39 is 27.1 Å². The van der Waals surface area contributed by atoms with Crippen LogP contribution in [0.4, 0.5) is 5.82 Å². The third-order valence-corrected chi connectivity index (χ3v) is 4.10. The number of aliphatic hydroxyl groups is 1. The first-order valence-corrected chi connectivity index (χ1v) is 7.53. The average Bonchev–Trinajstić information content (AvgIpc) is 3.08. The molecule has 0 aromatic carbocycles. The van der Waals surface area contributed by atoms with Gasteiger partial charge in [-0.15, -0.1) is 0 Å². The summed E-state index contributed by atoms with van der Waals surface area (Å²) < 4.78 is 22.8. The van der Waals surface area contributed by atoms with Crippen LogP contribution in [0, 0.1) is 5.92 Å². The van der Waals surface area contributed by atoms with Crippen LogP contribution in [0.2, 0.25) is 0 Å². The normalized spacial score (nSPS) is 28.5. The molecule has 9 nitrogen and oxygen atoms in total. The van der Waals surface area contributed by atoms with Gasteiger partial charge in [0.1, 0.15) is 24.2 Å². The first kappa shape index (κ1) is 15.2. The van der Waals surface area contributed by atoms with Crippen LogP contribution in [0.3, 0.4) is 0 Å². The molecule has 0 saturated carbocycles. The summed E-state index contributed by atoms with van der Waals surface area (Å²) in [5.41, 5.74) is 1.25. The molecule has 4 atom stereocenters. The second-order valence-electron chi connectivity index (χ2n) is 5.08. The quantitative estimate of drug-likeness (QED) is 0.783. The van der Waals surface area contributed by atoms with Crippen LogP contribution in [-0.2, 0) is 13.8 Å². The molecule has 0 amide bonds. The van der Waals surface area contributed by atoms with E-state index in [1.54, 1.807) is 17.9 Å². The third kappa shape index (κ3) is 2.46. The van der Waals surface area contributed by atoms with Gasteiger partial charge < -0.3 is 15.2 Å². The van der Waals surface area contributed by atoms with E-state index in [2.05, 4.69) is 20.3 Å². The summed E-state index contributed by atoms with van der Waals surface area (Å²) in [6, 6.07) is 0. The maximum absolute atomic E-state index is 10.4. The molecule has 2 aromatic heterocycles. The number of fused-ring (bicyclic) bond motifs is 1. The zero-order valence-electron chi connectivity index (χ0n) is 12.1. The summed E-state index contributed by atoms with van der Waals surface area (Å²) in [5.74, 6) is 0.433. The minimum absolute atomic E-state index is 0.0520. The van der Waals surface area contributed by atoms with Gasteiger partial charge in [-0.05, 0) is 0 Å². The van der Waals surface area contributed by atoms with E-state index in [9.17, 15) is 9.67 Å². The average molecular weight is 325 g/mol. The highest BCUT2D eigenvalue weighted by atomic mass is 31.1. The summed E-state index contributed by atoms with van der Waals surface area (Å²) in [5, 5.41) is 13.2. The lowest BCUT2D eigenvalue weighted by atomic mass is 10.0. The lowest BCUT2D eigenvalue weighted by molar-refractivity contribution is -0.0380. The highest BCUT2D eigenvalue weighted by molar-refractivity contribution is 7.17. The fraction of sp³-hybridized carbons (Fsp3) is 0.583. The van der Waals surface area contributed by atoms with Gasteiger partial charge in [0.15, 0.2) is 11.5 Å². The number of ether oxygens (including phenoxy) is 1. The summed E-state index contributed by atoms with van der Waals surface area (Å²) in [7, 11) is 1.33. The molecule has 0 bridgehead atoms. The number of rotatable bonds is 5. The fourth-order valence-corrected chi connectivity index (χ4v) is 2.88. The number of aliphatic hydroxyl groups excluding tert-OH is 1. The third-order valence-electron chi connectivity index (χ3n) is 3.84. The van der Waals surface area contributed by atoms with Crippen LogP contribution in [0.5, 0.6) is 0 Å². The van der Waals surface area contributed by atoms with Crippen molar-refractivity contribution in [2.75, 3.05) is 19.0 Å². The Hall–Kier alpha value is -1.67. The van der Waals surface area contributed by atoms with Crippen molar-refractivity contribution in [2.24, 2.45) is 5.92 Å². The molecular formula is C12H16N5O4P. The van der Waals surface area contributed by atoms with Crippen molar-refractivity contribution in [1.82, 2.24) is 19.5 Å². The molecule has 1 aliphatic rings. The van der Waals surface area contributed by atoms with Gasteiger partial charge in [-0.2, -0.15) is 0 Å². The molecule has 2 aromatic rings. The summed E-state index contributed by atoms with van der Waals surface area (Å²) in [6.07, 6.45) is 1.35. The van der Waals surface area contributed by atoms with E-state index in [1.165, 1.54) is 6.33 Å². The van der Waals surface area contributed by atoms with Gasteiger partial charge in [0.05, 0.1) is 19.0 Å². The number of nitrogens with one attached hydrogen (secondary N) is 1. The predicted molar refractivity (Wildman–Crippen MR) is 77.5 cm³/mol. The highest BCUT2D eigenvalue weighted by Crippen LogP contribution is 2.36. The van der Waals surface area contributed by atoms with E-state index in [0.29, 0.717) is 17.0 Å². The second kappa shape index (κ2) is 6.21. The van der Waals surface area contributed by atoms with Crippen LogP contribution < -0.4 is 5.32 Å². The van der Waals surface area contributed by atoms with Crippen molar-refractivity contribution in [1.29, 1.82) is 0 Å². The molecule has 22 heavy (non-hydrogen) atoms. The minimum atomic E-state index is -0.727. The first-order chi connectivity index (χ1) is 10.7. The van der Waals surface area contributed by atoms with E-state index in [-0.39, 0.29) is 12.5 Å². The Morgan fingerprint density at radius 1 is 1.50 bits per heavy atom. The van der Waals surface area contributed by atoms with Crippen LogP contribution >= 0.6 is 8.69 Å². The minimum Gasteiger partial charge on any atom is -0.390 e. The second-order valence-corrected chi connectivity index (χ2v) is 5.49. The Morgan fingerprint density at radius 2 is 2.32 bits per heavy atom. The molecule has 1 saturated heterocycles. The number of hydrogen-bond donors (Lipinski definition) is 2. The Balaban J connectivity index is 1.93. The molecule has 1 fully saturated rings. The standard InChI is InChI=1S/C12H16N5O4P/c1-6-9(18)7(3-20-22-19)21-12(6)17-5-16-8-10(13-2)14-4-15-11(8)17/h4-7,9,12,18H,3H2,1-2H3,(H,13,14,15)/t6-,7+,9-,12+/m0/s1. The summed E-state index contributed by atoms with van der Waals surface area (Å²) >= 11 is 0. The van der Waals surface area contributed by atoms with E-state index >= 15 is 0 Å². The van der Waals surface area contributed by atoms with Gasteiger partial charge in [-0.3, -0.25) is 9.09 Å². The summed E-state index contributed by atoms with van der Waals surface area (Å²) in [6.45, 7) is 1.92. The zero-order valence-corrected chi connectivity index (χ0v) is 13.0. The SMILES string of the molecule is CNc1ncnc2c1ncn2[C@@H]1O[C@H](COP=O)[C@@H](O)[C@@H]1C. The Kier molecular flexibility index (Phi) is 4.30. The molecule has 0 unspecified atom stereocenters. The Morgan fingerprint density at radius 3 is 3.05 bits per heavy atom. The smallest absolute Gasteiger partial charge is 0.327 e. The van der Waals surface area contributed by atoms with Gasteiger partial charge in [-0.1, -0.05) is 6.92 Å². The van der Waals surface area contributed by atoms with Crippen molar-refractivity contribution in [3.63, 3.8) is 0 Å². The zero-order chi connectivity index (χ0) is 15.7. The Bertz CT molecular complexity index is 681. The number of imidazole rings is 1. The number of hydrogen-bond acceptors (Lipinski definition) is 8. The molecule has 10 heteroatoms. The van der Waals surface area contributed by atoms with Gasteiger partial charge in [0.2, 0.25) is 0 Å². The predicted octanol–water partition coefficient (Wildman–Crippen LogP) is 0.986. The van der Waals surface area contributed by atoms with Gasteiger partial charge >= 0.3 is 8.69 Å². The van der Waals surface area contributed by atoms with Crippen molar-refractivity contribution in [3.05, 3.63) is 12.7 Å². The monoisotopic (exact) mass is 325 g/mol. The molecule has 3 heterocycles. The number of aromatic nitrogens is 4. The maximum Gasteiger partial charge on any atom is 0.327 e. The molecule has 0 aliphatic carbocycles. The fourth-order valence-electron chi connectivity index (χ4n) is 2.67. The molecule has 3 rings (SSSR count). The van der Waals surface area contributed by atoms with Crippen LogP contribution in [-0.4, -0.2) is 50.5 Å². The van der Waals surface area contributed by atoms with E-state index in [4.69, 9.17) is 9.26 Å². The van der Waals surface area contributed by atoms with Crippen molar-refractivity contribution in [2.45, 2.75) is 25.4 Å². The number of anilines is 1. The van der Waals surface area contributed by atoms with Crippen LogP contribution in [0.15, 0.2) is 12.7 Å². The molecule has 118 valence electrons. The lowest BCUT2D eigenvalue weighted by Gasteiger charge is -2.17. The lowest BCUT2D eigenvalue weighted by Crippen LogP contribution is -2.28. The molecule has 0 spiro atoms. The van der Waals surface area contributed by atoms with Crippen molar-refractivity contribution >= 4 is 25.7 Å². The van der Waals surface area contributed by atoms with Gasteiger partial charge in [0.25, 0.3) is 0 Å². The van der Waals surface area contributed by atoms with E-state index in [1.807, 2.05) is 6.92 Å². The molecule has 0 radical (unpaired) electrons. The van der Waals surface area contributed by atoms with Crippen molar-refractivity contribution in [3.8, 4) is 0 Å². The molecule has 2 N–H and O–H groups in total. The van der Waals surface area contributed by atoms with Crippen LogP contribution in [0.1, 0.15) is 13.2 Å². The topological polar surface area (TPSA) is 111 Å². The van der Waals surface area contributed by atoms with Gasteiger partial charge in [0, 0.05) is 13.0 Å². The van der Waals surface area contributed by atoms with Crippen molar-refractivity contribution < 1.29 is 18.9 Å².